The number of hydrogen-bond donors (Lipinski definition) is 0. The second-order valence-electron chi connectivity index (χ2n) is 1.43. The highest BCUT2D eigenvalue weighted by Gasteiger charge is 1.99. The van der Waals surface area contributed by atoms with E-state index in [1.54, 1.807) is 0 Å². The van der Waals surface area contributed by atoms with Gasteiger partial charge in [0.15, 0.2) is 0 Å². The average Bonchev–Trinajstić information content (AvgIpc) is 1.80. The maximum Gasteiger partial charge on any atom is 0.231 e. The standard InChI is InChI=1S/C5H2ClF2N/c6-4-1-3(7)2-9-5(4)8/h1-2H. The van der Waals surface area contributed by atoms with E-state index in [4.69, 9.17) is 11.6 Å². The Morgan fingerprint density at radius 2 is 2.11 bits per heavy atom. The summed E-state index contributed by atoms with van der Waals surface area (Å²) in [5.74, 6) is -1.49. The zero-order valence-corrected chi connectivity index (χ0v) is 4.99. The number of aromatic nitrogens is 1. The van der Waals surface area contributed by atoms with E-state index < -0.39 is 11.8 Å². The molecule has 0 aromatic carbocycles. The van der Waals surface area contributed by atoms with Gasteiger partial charge in [-0.1, -0.05) is 11.6 Å². The minimum atomic E-state index is -0.849. The van der Waals surface area contributed by atoms with Gasteiger partial charge in [-0.05, 0) is 6.07 Å². The highest BCUT2D eigenvalue weighted by Crippen LogP contribution is 2.11. The lowest BCUT2D eigenvalue weighted by molar-refractivity contribution is 0.560. The number of nitrogens with zero attached hydrogens (tertiary/aromatic N) is 1. The molecule has 0 fully saturated rings. The van der Waals surface area contributed by atoms with Gasteiger partial charge < -0.3 is 0 Å². The van der Waals surface area contributed by atoms with Crippen LogP contribution in [0.2, 0.25) is 5.02 Å². The minimum absolute atomic E-state index is 0.296. The number of pyridine rings is 1. The number of hydrogen-bond acceptors (Lipinski definition) is 1. The van der Waals surface area contributed by atoms with E-state index in [2.05, 4.69) is 4.98 Å². The van der Waals surface area contributed by atoms with Gasteiger partial charge in [-0.2, -0.15) is 4.39 Å². The van der Waals surface area contributed by atoms with Crippen molar-refractivity contribution < 1.29 is 8.78 Å². The van der Waals surface area contributed by atoms with Crippen molar-refractivity contribution in [3.8, 4) is 0 Å². The normalized spacial score (nSPS) is 9.67. The lowest BCUT2D eigenvalue weighted by Gasteiger charge is -1.89. The molecular formula is C5H2ClF2N. The molecule has 0 aliphatic heterocycles. The molecule has 1 aromatic heterocycles. The molecule has 0 spiro atoms. The highest BCUT2D eigenvalue weighted by atomic mass is 35.5. The lowest BCUT2D eigenvalue weighted by atomic mass is 10.5. The van der Waals surface area contributed by atoms with Gasteiger partial charge in [0.1, 0.15) is 5.82 Å². The predicted octanol–water partition coefficient (Wildman–Crippen LogP) is 2.01. The fourth-order valence-electron chi connectivity index (χ4n) is 0.398. The zero-order chi connectivity index (χ0) is 6.85. The molecule has 0 aliphatic rings. The second-order valence-corrected chi connectivity index (χ2v) is 1.83. The summed E-state index contributed by atoms with van der Waals surface area (Å²) in [4.78, 5) is 3.00. The molecule has 1 heterocycles. The fourth-order valence-corrected chi connectivity index (χ4v) is 0.551. The fraction of sp³-hybridized carbons (Fsp3) is 0. The molecule has 9 heavy (non-hydrogen) atoms. The van der Waals surface area contributed by atoms with E-state index in [0.717, 1.165) is 12.3 Å². The lowest BCUT2D eigenvalue weighted by Crippen LogP contribution is -1.84. The summed E-state index contributed by atoms with van der Waals surface area (Å²) in [5.41, 5.74) is 0. The molecular weight excluding hydrogens is 148 g/mol. The van der Waals surface area contributed by atoms with E-state index in [1.165, 1.54) is 0 Å². The maximum atomic E-state index is 12.1. The topological polar surface area (TPSA) is 12.9 Å². The van der Waals surface area contributed by atoms with Crippen LogP contribution in [0, 0.1) is 11.8 Å². The predicted molar refractivity (Wildman–Crippen MR) is 29.2 cm³/mol. The van der Waals surface area contributed by atoms with Crippen LogP contribution in [0.5, 0.6) is 0 Å². The van der Waals surface area contributed by atoms with Crippen molar-refractivity contribution in [2.24, 2.45) is 0 Å². The number of halogens is 3. The van der Waals surface area contributed by atoms with Crippen LogP contribution in [0.1, 0.15) is 0 Å². The summed E-state index contributed by atoms with van der Waals surface area (Å²) in [5, 5.41) is -0.296. The third-order valence-corrected chi connectivity index (χ3v) is 1.03. The van der Waals surface area contributed by atoms with E-state index in [0.29, 0.717) is 0 Å². The quantitative estimate of drug-likeness (QED) is 0.515. The molecule has 0 N–H and O–H groups in total. The van der Waals surface area contributed by atoms with Crippen molar-refractivity contribution in [1.82, 2.24) is 4.98 Å². The molecule has 0 aliphatic carbocycles. The van der Waals surface area contributed by atoms with Crippen LogP contribution in [-0.2, 0) is 0 Å². The van der Waals surface area contributed by atoms with Gasteiger partial charge >= 0.3 is 0 Å². The Labute approximate surface area is 55.3 Å². The third-order valence-electron chi connectivity index (χ3n) is 0.763. The van der Waals surface area contributed by atoms with Crippen LogP contribution in [0.4, 0.5) is 8.78 Å². The van der Waals surface area contributed by atoms with Crippen molar-refractivity contribution in [3.63, 3.8) is 0 Å². The van der Waals surface area contributed by atoms with Crippen LogP contribution in [-0.4, -0.2) is 4.98 Å². The largest absolute Gasteiger partial charge is 0.231 e. The molecule has 0 saturated heterocycles. The second kappa shape index (κ2) is 2.27. The van der Waals surface area contributed by atoms with Crippen molar-refractivity contribution in [2.75, 3.05) is 0 Å². The molecule has 1 rings (SSSR count). The Morgan fingerprint density at radius 3 is 2.56 bits per heavy atom. The molecule has 0 saturated carbocycles. The van der Waals surface area contributed by atoms with Crippen molar-refractivity contribution >= 4 is 11.6 Å². The molecule has 0 bridgehead atoms. The Morgan fingerprint density at radius 1 is 1.44 bits per heavy atom. The van der Waals surface area contributed by atoms with Crippen LogP contribution < -0.4 is 0 Å². The molecule has 0 amide bonds. The van der Waals surface area contributed by atoms with Crippen LogP contribution in [0.3, 0.4) is 0 Å². The molecule has 1 nitrogen and oxygen atoms in total. The van der Waals surface area contributed by atoms with E-state index in [-0.39, 0.29) is 5.02 Å². The van der Waals surface area contributed by atoms with Gasteiger partial charge in [-0.3, -0.25) is 0 Å². The zero-order valence-electron chi connectivity index (χ0n) is 4.24. The summed E-state index contributed by atoms with van der Waals surface area (Å²) in [6, 6.07) is 0.865. The van der Waals surface area contributed by atoms with Crippen LogP contribution >= 0.6 is 11.6 Å². The van der Waals surface area contributed by atoms with Crippen molar-refractivity contribution in [1.29, 1.82) is 0 Å². The van der Waals surface area contributed by atoms with E-state index >= 15 is 0 Å². The van der Waals surface area contributed by atoms with Gasteiger partial charge in [-0.25, -0.2) is 9.37 Å². The maximum absolute atomic E-state index is 12.1. The molecule has 48 valence electrons. The summed E-state index contributed by atoms with van der Waals surface area (Å²) in [6.07, 6.45) is 0.765. The summed E-state index contributed by atoms with van der Waals surface area (Å²) < 4.78 is 24.1. The van der Waals surface area contributed by atoms with Crippen molar-refractivity contribution in [2.45, 2.75) is 0 Å². The van der Waals surface area contributed by atoms with Crippen LogP contribution in [0.25, 0.3) is 0 Å². The van der Waals surface area contributed by atoms with E-state index in [1.807, 2.05) is 0 Å². The number of rotatable bonds is 0. The van der Waals surface area contributed by atoms with Gasteiger partial charge in [0, 0.05) is 0 Å². The molecule has 0 unspecified atom stereocenters. The van der Waals surface area contributed by atoms with Gasteiger partial charge in [0.2, 0.25) is 5.95 Å². The van der Waals surface area contributed by atoms with Crippen molar-refractivity contribution in [3.05, 3.63) is 29.1 Å². The first-order valence-corrected chi connectivity index (χ1v) is 2.54. The molecule has 0 radical (unpaired) electrons. The first kappa shape index (κ1) is 6.42. The minimum Gasteiger partial charge on any atom is -0.224 e. The Balaban J connectivity index is 3.17. The van der Waals surface area contributed by atoms with Gasteiger partial charge in [0.05, 0.1) is 11.2 Å². The third kappa shape index (κ3) is 1.36. The summed E-state index contributed by atoms with van der Waals surface area (Å²) in [7, 11) is 0. The molecule has 4 heteroatoms. The highest BCUT2D eigenvalue weighted by molar-refractivity contribution is 6.30. The van der Waals surface area contributed by atoms with Gasteiger partial charge in [-0.15, -0.1) is 0 Å². The SMILES string of the molecule is Fc1cnc(F)c(Cl)c1. The summed E-state index contributed by atoms with van der Waals surface area (Å²) in [6.45, 7) is 0. The average molecular weight is 150 g/mol. The Bertz CT molecular complexity index is 226. The first-order valence-electron chi connectivity index (χ1n) is 2.16. The van der Waals surface area contributed by atoms with Gasteiger partial charge in [0.25, 0.3) is 0 Å². The summed E-state index contributed by atoms with van der Waals surface area (Å²) >= 11 is 5.14. The smallest absolute Gasteiger partial charge is 0.224 e. The first-order chi connectivity index (χ1) is 4.20. The Kier molecular flexibility index (Phi) is 1.62. The molecule has 0 atom stereocenters. The Hall–Kier alpha value is -0.700. The monoisotopic (exact) mass is 149 g/mol. The van der Waals surface area contributed by atoms with Crippen LogP contribution in [0.15, 0.2) is 12.3 Å². The molecule has 1 aromatic rings. The van der Waals surface area contributed by atoms with E-state index in [9.17, 15) is 8.78 Å².